The third-order valence-electron chi connectivity index (χ3n) is 11.1. The number of nitrogens with two attached hydrogens (primary N) is 1. The van der Waals surface area contributed by atoms with Gasteiger partial charge in [-0.15, -0.1) is 0 Å². The van der Waals surface area contributed by atoms with E-state index in [9.17, 15) is 48.6 Å². The van der Waals surface area contributed by atoms with Crippen LogP contribution in [0.25, 0.3) is 0 Å². The minimum absolute atomic E-state index is 0.00810. The minimum atomic E-state index is -1.39. The summed E-state index contributed by atoms with van der Waals surface area (Å²) in [5, 5.41) is 32.5. The second-order valence-corrected chi connectivity index (χ2v) is 15.8. The maximum Gasteiger partial charge on any atom is 0.411 e. The van der Waals surface area contributed by atoms with Crippen molar-refractivity contribution in [3.63, 3.8) is 0 Å². The fourth-order valence-electron chi connectivity index (χ4n) is 7.78. The maximum atomic E-state index is 14.0. The third kappa shape index (κ3) is 11.7. The second-order valence-electron chi connectivity index (χ2n) is 15.8. The number of carbonyl (C=O) groups is 8. The van der Waals surface area contributed by atoms with E-state index in [1.54, 1.807) is 45.0 Å². The van der Waals surface area contributed by atoms with Crippen molar-refractivity contribution >= 4 is 53.1 Å². The number of rotatable bonds is 8. The van der Waals surface area contributed by atoms with Crippen LogP contribution >= 0.6 is 0 Å². The molecule has 5 rings (SSSR count). The first-order valence-electron chi connectivity index (χ1n) is 20.4. The van der Waals surface area contributed by atoms with Crippen molar-refractivity contribution in [2.24, 2.45) is 23.5 Å². The molecule has 8 atom stereocenters. The molecule has 1 aromatic carbocycles. The van der Waals surface area contributed by atoms with Gasteiger partial charge in [0.25, 0.3) is 5.91 Å². The van der Waals surface area contributed by atoms with Gasteiger partial charge in [0.15, 0.2) is 6.10 Å². The summed E-state index contributed by atoms with van der Waals surface area (Å²) in [5.41, 5.74) is 6.35. The Morgan fingerprint density at radius 2 is 1.79 bits per heavy atom. The number of primary amides is 1. The number of ketones is 2. The van der Waals surface area contributed by atoms with Crippen LogP contribution in [0.4, 0.5) is 15.3 Å². The van der Waals surface area contributed by atoms with Crippen molar-refractivity contribution in [2.75, 3.05) is 25.6 Å². The number of piperidine rings is 1. The summed E-state index contributed by atoms with van der Waals surface area (Å²) in [4.78, 5) is 104. The highest BCUT2D eigenvalue weighted by molar-refractivity contribution is 6.23. The van der Waals surface area contributed by atoms with Crippen LogP contribution < -0.4 is 27.0 Å². The molecule has 336 valence electrons. The Bertz CT molecular complexity index is 2240. The summed E-state index contributed by atoms with van der Waals surface area (Å²) in [6.45, 7) is 6.17. The molecule has 4 aliphatic rings. The Hall–Kier alpha value is -6.62. The summed E-state index contributed by atoms with van der Waals surface area (Å²) >= 11 is 0. The van der Waals surface area contributed by atoms with Crippen LogP contribution in [0.1, 0.15) is 69.3 Å². The number of nitrogens with zero attached hydrogens (tertiary/aromatic N) is 1. The number of anilines is 1. The van der Waals surface area contributed by atoms with Crippen molar-refractivity contribution in [1.82, 2.24) is 20.9 Å². The molecule has 1 aromatic rings. The number of ether oxygens (including phenoxy) is 3. The number of nitrogens with one attached hydrogen (secondary N) is 4. The van der Waals surface area contributed by atoms with Crippen LogP contribution in [0.15, 0.2) is 65.0 Å². The van der Waals surface area contributed by atoms with Gasteiger partial charge in [-0.3, -0.25) is 39.4 Å². The van der Waals surface area contributed by atoms with Gasteiger partial charge in [-0.2, -0.15) is 0 Å². The molecule has 8 N–H and O–H groups in total. The molecular formula is C44H52N6O13. The number of methoxy groups -OCH3 is 1. The number of aliphatic hydroxyl groups is 2. The predicted molar refractivity (Wildman–Crippen MR) is 223 cm³/mol. The van der Waals surface area contributed by atoms with Gasteiger partial charge in [0.05, 0.1) is 29.5 Å². The highest BCUT2D eigenvalue weighted by Crippen LogP contribution is 2.33. The maximum absolute atomic E-state index is 14.0. The van der Waals surface area contributed by atoms with Gasteiger partial charge >= 0.3 is 12.2 Å². The second kappa shape index (κ2) is 21.0. The molecule has 19 heteroatoms. The Morgan fingerprint density at radius 1 is 1.05 bits per heavy atom. The van der Waals surface area contributed by atoms with Gasteiger partial charge in [-0.1, -0.05) is 37.8 Å². The number of Topliss-reactive ketones (excluding diaryl/α,β-unsaturated/α-hetero) is 1. The van der Waals surface area contributed by atoms with Crippen LogP contribution in [-0.2, 0) is 44.7 Å². The van der Waals surface area contributed by atoms with Gasteiger partial charge in [-0.05, 0) is 68.9 Å². The lowest BCUT2D eigenvalue weighted by Crippen LogP contribution is -2.52. The van der Waals surface area contributed by atoms with Gasteiger partial charge < -0.3 is 45.7 Å². The lowest BCUT2D eigenvalue weighted by atomic mass is 9.85. The summed E-state index contributed by atoms with van der Waals surface area (Å²) in [5.74, 6) is -0.0401. The number of imide groups is 1. The Balaban J connectivity index is 1.31. The molecule has 63 heavy (non-hydrogen) atoms. The van der Waals surface area contributed by atoms with E-state index in [0.29, 0.717) is 11.1 Å². The first-order valence-corrected chi connectivity index (χ1v) is 20.4. The smallest absolute Gasteiger partial charge is 0.411 e. The minimum Gasteiger partial charge on any atom is -0.447 e. The number of hydrogen-bond acceptors (Lipinski definition) is 14. The normalized spacial score (nSPS) is 28.5. The highest BCUT2D eigenvalue weighted by atomic mass is 16.6. The van der Waals surface area contributed by atoms with Crippen molar-refractivity contribution in [2.45, 2.75) is 90.4 Å². The standard InChI is InChI=1S/C44H52N6O13/c1-22-17-27-36(46-15-16-62-44(60)48-29-11-8-10-26-28(29)21-50(42(26)58)31-13-14-35(53)49-41(31)57)33(52)20-30(38(27)55)47-40(56)23(2)9-6-7-12-32(51)39(63-43(45)59)25(4)19-24(3)37(54)34(18-22)61-5/h7-8,10-12,19-20,22-24,31-32,34,37,39,46,51,54H,13-18,21H2,1-5H3,(H2,45,59)(H,47,56)(H,48,60)(H,49,53,57)/b12-7-,25-19+/t22-,23?,24+,31?,32?,34?,37?,39?/m1/s1. The molecule has 0 aromatic heterocycles. The first kappa shape index (κ1) is 47.4. The zero-order valence-electron chi connectivity index (χ0n) is 35.5. The molecule has 19 nitrogen and oxygen atoms in total. The topological polar surface area (TPSA) is 282 Å². The third-order valence-corrected chi connectivity index (χ3v) is 11.1. The van der Waals surface area contributed by atoms with Crippen molar-refractivity contribution in [3.8, 4) is 11.8 Å². The number of benzene rings is 1. The summed E-state index contributed by atoms with van der Waals surface area (Å²) < 4.78 is 16.2. The molecule has 2 bridgehead atoms. The Labute approximate surface area is 363 Å². The number of aliphatic hydroxyl groups excluding tert-OH is 2. The van der Waals surface area contributed by atoms with E-state index >= 15 is 0 Å². The van der Waals surface area contributed by atoms with Gasteiger partial charge in [-0.25, -0.2) is 9.59 Å². The number of amides is 6. The molecule has 0 spiro atoms. The first-order chi connectivity index (χ1) is 29.9. The molecule has 6 unspecified atom stereocenters. The van der Waals surface area contributed by atoms with E-state index in [-0.39, 0.29) is 73.6 Å². The van der Waals surface area contributed by atoms with Crippen molar-refractivity contribution in [1.29, 1.82) is 0 Å². The molecule has 3 heterocycles. The van der Waals surface area contributed by atoms with Crippen molar-refractivity contribution in [3.05, 3.63) is 76.2 Å². The van der Waals surface area contributed by atoms with Crippen LogP contribution in [0.5, 0.6) is 0 Å². The average Bonchev–Trinajstić information content (AvgIpc) is 3.57. The zero-order valence-corrected chi connectivity index (χ0v) is 35.5. The fourth-order valence-corrected chi connectivity index (χ4v) is 7.78. The van der Waals surface area contributed by atoms with E-state index in [2.05, 4.69) is 33.1 Å². The van der Waals surface area contributed by atoms with E-state index < -0.39 is 95.6 Å². The number of fused-ring (bicyclic) bond motifs is 3. The molecule has 3 aliphatic heterocycles. The largest absolute Gasteiger partial charge is 0.447 e. The lowest BCUT2D eigenvalue weighted by molar-refractivity contribution is -0.137. The number of carbonyl (C=O) groups excluding carboxylic acids is 8. The van der Waals surface area contributed by atoms with Crippen LogP contribution in [0, 0.1) is 29.6 Å². The Morgan fingerprint density at radius 3 is 2.49 bits per heavy atom. The van der Waals surface area contributed by atoms with E-state index in [4.69, 9.17) is 19.9 Å². The summed E-state index contributed by atoms with van der Waals surface area (Å²) in [6.07, 6.45) is -0.998. The molecule has 6 amide bonds. The van der Waals surface area contributed by atoms with E-state index in [1.165, 1.54) is 31.1 Å². The highest BCUT2D eigenvalue weighted by Gasteiger charge is 2.40. The zero-order chi connectivity index (χ0) is 46.1. The van der Waals surface area contributed by atoms with Crippen LogP contribution in [0.3, 0.4) is 0 Å². The van der Waals surface area contributed by atoms with Crippen LogP contribution in [0.2, 0.25) is 0 Å². The fraction of sp³-hybridized carbons (Fsp3) is 0.455. The molecule has 0 saturated carbocycles. The molecule has 1 aliphatic carbocycles. The average molecular weight is 873 g/mol. The number of allylic oxidation sites excluding steroid dienone is 3. The van der Waals surface area contributed by atoms with Crippen LogP contribution in [-0.4, -0.2) is 113 Å². The quantitative estimate of drug-likeness (QED) is 0.0640. The van der Waals surface area contributed by atoms with Crippen molar-refractivity contribution < 1.29 is 62.8 Å². The predicted octanol–water partition coefficient (Wildman–Crippen LogP) is 1.40. The molecular weight excluding hydrogens is 821 g/mol. The SMILES string of the molecule is COC1C[C@H](C)CC2=C(NCCOC(=O)Nc3cccc4c3CN(C3CCC(=O)NC3=O)C4=O)C(=O)C=C(NC(=O)C(C)C#C/C=C\C(O)C(OC(N)=O)/C(C)=C/[C@H](C)C1O)C2=O. The monoisotopic (exact) mass is 872 g/mol. The molecule has 1 saturated heterocycles. The Kier molecular flexibility index (Phi) is 15.8. The van der Waals surface area contributed by atoms with Gasteiger partial charge in [0, 0.05) is 61.0 Å². The van der Waals surface area contributed by atoms with E-state index in [1.807, 2.05) is 0 Å². The molecule has 1 fully saturated rings. The van der Waals surface area contributed by atoms with Gasteiger partial charge in [0.2, 0.25) is 29.3 Å². The number of hydrogen-bond donors (Lipinski definition) is 7. The molecule has 0 radical (unpaired) electrons. The summed E-state index contributed by atoms with van der Waals surface area (Å²) in [7, 11) is 1.41. The van der Waals surface area contributed by atoms with Gasteiger partial charge in [0.1, 0.15) is 18.8 Å². The lowest BCUT2D eigenvalue weighted by Gasteiger charge is -2.29. The van der Waals surface area contributed by atoms with E-state index in [0.717, 1.165) is 6.08 Å². The summed E-state index contributed by atoms with van der Waals surface area (Å²) in [6, 6.07) is 3.86.